The van der Waals surface area contributed by atoms with Crippen LogP contribution >= 0.6 is 0 Å². The Balaban J connectivity index is -0.000000610. The van der Waals surface area contributed by atoms with Gasteiger partial charge >= 0.3 is 149 Å². The van der Waals surface area contributed by atoms with Gasteiger partial charge in [0.05, 0.1) is 0 Å². The Kier molecular flexibility index (Phi) is 26.0. The summed E-state index contributed by atoms with van der Waals surface area (Å²) in [5.41, 5.74) is 3.42. The molecular formula is C22H34Cl3LiOZr. The van der Waals surface area contributed by atoms with Gasteiger partial charge in [-0.05, 0) is 12.8 Å². The van der Waals surface area contributed by atoms with E-state index >= 15 is 0 Å². The van der Waals surface area contributed by atoms with Gasteiger partial charge in [-0.25, -0.2) is 0 Å². The van der Waals surface area contributed by atoms with E-state index in [2.05, 4.69) is 38.2 Å². The second-order valence-corrected chi connectivity index (χ2v) is 10.5. The zero-order valence-corrected chi connectivity index (χ0v) is 22.6. The quantitative estimate of drug-likeness (QED) is 0.292. The zero-order chi connectivity index (χ0) is 17.0. The Hall–Kier alpha value is 1.27. The van der Waals surface area contributed by atoms with Crippen LogP contribution in [0.25, 0.3) is 0 Å². The molecule has 0 spiro atoms. The number of rotatable bonds is 8. The van der Waals surface area contributed by atoms with Gasteiger partial charge in [0, 0.05) is 13.2 Å². The third-order valence-corrected chi connectivity index (χ3v) is 8.85. The molecule has 0 aromatic carbocycles. The van der Waals surface area contributed by atoms with Crippen LogP contribution in [0.1, 0.15) is 78.1 Å². The molecule has 154 valence electrons. The van der Waals surface area contributed by atoms with Crippen LogP contribution in [0.2, 0.25) is 0 Å². The Morgan fingerprint density at radius 3 is 1.54 bits per heavy atom. The first-order chi connectivity index (χ1) is 11.8. The molecule has 0 unspecified atom stereocenters. The second kappa shape index (κ2) is 21.5. The van der Waals surface area contributed by atoms with Crippen LogP contribution in [0.4, 0.5) is 0 Å². The largest absolute Gasteiger partial charge is 1.00 e. The van der Waals surface area contributed by atoms with E-state index in [-0.39, 0.29) is 56.1 Å². The van der Waals surface area contributed by atoms with E-state index in [9.17, 15) is 0 Å². The van der Waals surface area contributed by atoms with Crippen molar-refractivity contribution in [2.75, 3.05) is 13.2 Å². The third-order valence-electron chi connectivity index (χ3n) is 4.79. The van der Waals surface area contributed by atoms with Crippen molar-refractivity contribution in [3.05, 3.63) is 42.0 Å². The molecule has 1 nitrogen and oxygen atoms in total. The molecule has 3 rings (SSSR count). The van der Waals surface area contributed by atoms with Gasteiger partial charge in [-0.15, -0.1) is 0 Å². The van der Waals surface area contributed by atoms with Crippen molar-refractivity contribution in [1.29, 1.82) is 0 Å². The van der Waals surface area contributed by atoms with Crippen LogP contribution in [0, 0.1) is 0 Å². The summed E-state index contributed by atoms with van der Waals surface area (Å²) in [6, 6.07) is 0. The summed E-state index contributed by atoms with van der Waals surface area (Å²) in [6.07, 6.45) is 22.8. The van der Waals surface area contributed by atoms with Gasteiger partial charge in [0.2, 0.25) is 0 Å². The van der Waals surface area contributed by atoms with Crippen LogP contribution in [-0.2, 0) is 28.0 Å². The van der Waals surface area contributed by atoms with Crippen molar-refractivity contribution in [3.8, 4) is 0 Å². The first-order valence-electron chi connectivity index (χ1n) is 9.97. The fourth-order valence-electron chi connectivity index (χ4n) is 3.26. The summed E-state index contributed by atoms with van der Waals surface area (Å²) in [7, 11) is 0. The standard InChI is InChI=1S/2C9H13.C4H8O.3ClH.Li.Zr/c2*1-2-3-6-9-7-4-5-8-9;1-2-4-5-3-1;;;;;/h2*4,7H,2-3,5-6H2,1H3;1-4H2;3*1H;;/q;;;;;;+1;+2/p-3. The summed E-state index contributed by atoms with van der Waals surface area (Å²) in [5.74, 6) is 0. The van der Waals surface area contributed by atoms with E-state index in [1.54, 1.807) is 11.1 Å². The molecule has 0 aromatic heterocycles. The Bertz CT molecular complexity index is 464. The third kappa shape index (κ3) is 12.8. The smallest absolute Gasteiger partial charge is 1.00 e. The molecule has 28 heavy (non-hydrogen) atoms. The first-order valence-corrected chi connectivity index (χ1v) is 12.4. The van der Waals surface area contributed by atoms with Crippen LogP contribution in [0.5, 0.6) is 0 Å². The van der Waals surface area contributed by atoms with Crippen LogP contribution in [0.15, 0.2) is 42.0 Å². The van der Waals surface area contributed by atoms with Gasteiger partial charge < -0.3 is 42.0 Å². The number of hydrogen-bond acceptors (Lipinski definition) is 1. The van der Waals surface area contributed by atoms with Crippen LogP contribution in [0.3, 0.4) is 0 Å². The van der Waals surface area contributed by atoms with Crippen molar-refractivity contribution in [1.82, 2.24) is 0 Å². The Labute approximate surface area is 215 Å². The zero-order valence-electron chi connectivity index (χ0n) is 17.8. The van der Waals surface area contributed by atoms with Crippen molar-refractivity contribution in [3.63, 3.8) is 0 Å². The number of unbranched alkanes of at least 4 members (excludes halogenated alkanes) is 2. The first kappa shape index (κ1) is 33.9. The number of halogens is 3. The van der Waals surface area contributed by atoms with Crippen LogP contribution < -0.4 is 56.1 Å². The minimum atomic E-state index is -0.463. The van der Waals surface area contributed by atoms with E-state index in [4.69, 9.17) is 4.74 Å². The molecular weight excluding hydrogens is 485 g/mol. The number of ether oxygens (including phenoxy) is 1. The van der Waals surface area contributed by atoms with Gasteiger partial charge in [0.1, 0.15) is 0 Å². The molecule has 6 heteroatoms. The second-order valence-electron chi connectivity index (χ2n) is 6.87. The molecule has 0 aromatic rings. The molecule has 0 bridgehead atoms. The maximum Gasteiger partial charge on any atom is 1.00 e. The molecule has 0 saturated carbocycles. The summed E-state index contributed by atoms with van der Waals surface area (Å²) in [4.78, 5) is 0. The molecule has 0 amide bonds. The predicted molar refractivity (Wildman–Crippen MR) is 101 cm³/mol. The monoisotopic (exact) mass is 516 g/mol. The van der Waals surface area contributed by atoms with Crippen LogP contribution in [-0.4, -0.2) is 13.2 Å². The minimum Gasteiger partial charge on any atom is -1.00 e. The molecule has 2 aliphatic carbocycles. The van der Waals surface area contributed by atoms with Gasteiger partial charge in [-0.3, -0.25) is 0 Å². The summed E-state index contributed by atoms with van der Waals surface area (Å²) in [5, 5.41) is 0. The summed E-state index contributed by atoms with van der Waals surface area (Å²) in [6.45, 7) is 6.59. The molecule has 0 radical (unpaired) electrons. The van der Waals surface area contributed by atoms with Gasteiger partial charge in [-0.1, -0.05) is 0 Å². The Morgan fingerprint density at radius 2 is 1.21 bits per heavy atom. The van der Waals surface area contributed by atoms with E-state index in [0.717, 1.165) is 13.2 Å². The van der Waals surface area contributed by atoms with Gasteiger partial charge in [0.25, 0.3) is 0 Å². The average Bonchev–Trinajstić information content (AvgIpc) is 3.36. The van der Waals surface area contributed by atoms with Crippen molar-refractivity contribution < 1.29 is 84.1 Å². The molecule has 1 aliphatic heterocycles. The molecule has 1 heterocycles. The summed E-state index contributed by atoms with van der Waals surface area (Å²) >= 11 is -0.463. The SMILES string of the molecule is C1CCOC1.CCCCC1=[C]([Zr+2][C]2=C(CCCC)C=CC2)CC=C1.[Cl-].[Cl-].[Cl-].[Li+]. The molecule has 3 aliphatic rings. The number of allylic oxidation sites excluding steroid dienone is 8. The van der Waals surface area contributed by atoms with Gasteiger partial charge in [0.15, 0.2) is 0 Å². The van der Waals surface area contributed by atoms with E-state index in [0.29, 0.717) is 0 Å². The van der Waals surface area contributed by atoms with E-state index in [1.165, 1.54) is 64.2 Å². The minimum absolute atomic E-state index is 0. The molecule has 1 saturated heterocycles. The van der Waals surface area contributed by atoms with Gasteiger partial charge in [-0.2, -0.15) is 0 Å². The Morgan fingerprint density at radius 1 is 0.786 bits per heavy atom. The molecule has 1 fully saturated rings. The predicted octanol–water partition coefficient (Wildman–Crippen LogP) is -5.31. The van der Waals surface area contributed by atoms with Crippen molar-refractivity contribution in [2.24, 2.45) is 0 Å². The normalized spacial score (nSPS) is 16.4. The average molecular weight is 519 g/mol. The molecule has 0 N–H and O–H groups in total. The van der Waals surface area contributed by atoms with Crippen molar-refractivity contribution >= 4 is 0 Å². The topological polar surface area (TPSA) is 9.23 Å². The van der Waals surface area contributed by atoms with E-state index < -0.39 is 23.2 Å². The maximum atomic E-state index is 4.94. The maximum absolute atomic E-state index is 4.94. The fourth-order valence-corrected chi connectivity index (χ4v) is 7.05. The summed E-state index contributed by atoms with van der Waals surface area (Å²) < 4.78 is 8.68. The fraction of sp³-hybridized carbons (Fsp3) is 0.636. The van der Waals surface area contributed by atoms with Crippen molar-refractivity contribution in [2.45, 2.75) is 78.1 Å². The molecule has 0 atom stereocenters. The van der Waals surface area contributed by atoms with E-state index in [1.807, 2.05) is 6.56 Å². The number of hydrogen-bond donors (Lipinski definition) is 0.